The normalized spacial score (nSPS) is 21.1. The summed E-state index contributed by atoms with van der Waals surface area (Å²) in [6.45, 7) is 6.82. The third kappa shape index (κ3) is 7.44. The van der Waals surface area contributed by atoms with E-state index >= 15 is 0 Å². The van der Waals surface area contributed by atoms with Crippen LogP contribution in [0.4, 0.5) is 5.69 Å². The van der Waals surface area contributed by atoms with Crippen molar-refractivity contribution in [2.75, 3.05) is 32.7 Å². The summed E-state index contributed by atoms with van der Waals surface area (Å²) in [7, 11) is 0. The van der Waals surface area contributed by atoms with E-state index in [0.717, 1.165) is 49.2 Å². The second-order valence-corrected chi connectivity index (χ2v) is 14.4. The maximum atomic E-state index is 14.0. The van der Waals surface area contributed by atoms with Gasteiger partial charge in [-0.2, -0.15) is 0 Å². The minimum Gasteiger partial charge on any atom is -0.454 e. The lowest BCUT2D eigenvalue weighted by atomic mass is 9.83. The van der Waals surface area contributed by atoms with Crippen LogP contribution in [0.1, 0.15) is 77.2 Å². The van der Waals surface area contributed by atoms with Gasteiger partial charge in [0.15, 0.2) is 5.75 Å². The summed E-state index contributed by atoms with van der Waals surface area (Å²) in [6, 6.07) is 12.0. The molecule has 0 bridgehead atoms. The minimum atomic E-state index is -0.685. The van der Waals surface area contributed by atoms with Crippen LogP contribution in [-0.2, 0) is 14.4 Å². The quantitative estimate of drug-likeness (QED) is 0.355. The molecular weight excluding hydrogens is 616 g/mol. The number of halogens is 1. The Bertz CT molecular complexity index is 1520. The molecule has 10 nitrogen and oxygen atoms in total. The van der Waals surface area contributed by atoms with E-state index in [1.807, 2.05) is 61.2 Å². The zero-order chi connectivity index (χ0) is 33.1. The Morgan fingerprint density at radius 1 is 1.04 bits per heavy atom. The number of aliphatic imine (C=N–C) groups is 1. The number of nitrogens with one attached hydrogen (secondary N) is 1. The summed E-state index contributed by atoms with van der Waals surface area (Å²) in [5, 5.41) is 3.60. The maximum Gasteiger partial charge on any atom is 0.245 e. The molecule has 0 radical (unpaired) electrons. The lowest BCUT2D eigenvalue weighted by molar-refractivity contribution is -0.149. The predicted molar refractivity (Wildman–Crippen MR) is 183 cm³/mol. The Morgan fingerprint density at radius 3 is 2.55 bits per heavy atom. The number of unbranched alkanes of at least 4 members (excludes halogenated alkanes) is 1. The molecule has 0 aromatic heterocycles. The van der Waals surface area contributed by atoms with Gasteiger partial charge in [-0.05, 0) is 95.0 Å². The highest BCUT2D eigenvalue weighted by Crippen LogP contribution is 2.39. The number of likely N-dealkylation sites (tertiary alicyclic amines) is 1. The largest absolute Gasteiger partial charge is 0.454 e. The molecule has 252 valence electrons. The number of amidine groups is 1. The van der Waals surface area contributed by atoms with Gasteiger partial charge in [0.05, 0.1) is 11.6 Å². The van der Waals surface area contributed by atoms with Gasteiger partial charge in [0, 0.05) is 49.7 Å². The Hall–Kier alpha value is -3.63. The maximum absolute atomic E-state index is 14.0. The van der Waals surface area contributed by atoms with Crippen LogP contribution in [-0.4, -0.2) is 88.6 Å². The molecule has 1 aliphatic carbocycles. The van der Waals surface area contributed by atoms with Crippen LogP contribution in [0, 0.1) is 5.92 Å². The number of hydrogen-bond donors (Lipinski definition) is 2. The number of ether oxygens (including phenoxy) is 1. The van der Waals surface area contributed by atoms with E-state index in [2.05, 4.69) is 10.2 Å². The van der Waals surface area contributed by atoms with Crippen molar-refractivity contribution in [1.82, 2.24) is 20.0 Å². The number of amides is 3. The van der Waals surface area contributed by atoms with Crippen molar-refractivity contribution in [2.45, 2.75) is 89.3 Å². The van der Waals surface area contributed by atoms with E-state index in [0.29, 0.717) is 74.4 Å². The second kappa shape index (κ2) is 14.2. The highest BCUT2D eigenvalue weighted by Gasteiger charge is 2.48. The Labute approximate surface area is 282 Å². The first-order chi connectivity index (χ1) is 22.6. The monoisotopic (exact) mass is 662 g/mol. The Kier molecular flexibility index (Phi) is 10.1. The zero-order valence-electron chi connectivity index (χ0n) is 27.6. The molecule has 2 saturated heterocycles. The Morgan fingerprint density at radius 2 is 1.81 bits per heavy atom. The van der Waals surface area contributed by atoms with Crippen molar-refractivity contribution in [2.24, 2.45) is 16.6 Å². The summed E-state index contributed by atoms with van der Waals surface area (Å²) in [5.41, 5.74) is 7.54. The SMILES string of the molecule is CC1(C)CCC(C(=O)N2CCN(C3=Nc4ccccc4Oc4ccc(Cl)cc43)CC2)N1C(=O)C(N)CCCCNC(=O)CC1CCC1. The van der Waals surface area contributed by atoms with Gasteiger partial charge >= 0.3 is 0 Å². The van der Waals surface area contributed by atoms with Crippen LogP contribution >= 0.6 is 11.6 Å². The average molecular weight is 663 g/mol. The van der Waals surface area contributed by atoms with Crippen molar-refractivity contribution in [1.29, 1.82) is 0 Å². The average Bonchev–Trinajstić information content (AvgIpc) is 3.26. The number of carbonyl (C=O) groups is 3. The first-order valence-electron chi connectivity index (χ1n) is 17.2. The molecule has 2 unspecified atom stereocenters. The van der Waals surface area contributed by atoms with E-state index in [4.69, 9.17) is 27.1 Å². The molecule has 3 amide bonds. The van der Waals surface area contributed by atoms with Crippen LogP contribution in [0.2, 0.25) is 5.02 Å². The zero-order valence-corrected chi connectivity index (χ0v) is 28.3. The third-order valence-electron chi connectivity index (χ3n) is 10.2. The number of nitrogens with two attached hydrogens (primary N) is 1. The fraction of sp³-hybridized carbons (Fsp3) is 0.556. The second-order valence-electron chi connectivity index (χ2n) is 14.0. The van der Waals surface area contributed by atoms with Gasteiger partial charge in [0.1, 0.15) is 23.3 Å². The number of para-hydroxylation sites is 2. The smallest absolute Gasteiger partial charge is 0.245 e. The molecule has 4 aliphatic rings. The van der Waals surface area contributed by atoms with Crippen LogP contribution in [0.5, 0.6) is 11.5 Å². The van der Waals surface area contributed by atoms with E-state index in [-0.39, 0.29) is 17.7 Å². The van der Waals surface area contributed by atoms with Gasteiger partial charge in [0.25, 0.3) is 0 Å². The van der Waals surface area contributed by atoms with E-state index < -0.39 is 17.6 Å². The standard InChI is InChI=1S/C36H47ClN6O4/c1-36(2)16-15-29(43(36)34(45)27(38)10-5-6-17-39-32(44)22-24-8-7-9-24)35(46)42-20-18-41(19-21-42)33-26-23-25(37)13-14-30(26)47-31-12-4-3-11-28(31)40-33/h3-4,11-14,23-24,27,29H,5-10,15-22,38H2,1-2H3,(H,39,44). The summed E-state index contributed by atoms with van der Waals surface area (Å²) in [4.78, 5) is 50.6. The minimum absolute atomic E-state index is 0.0233. The van der Waals surface area contributed by atoms with Gasteiger partial charge in [-0.25, -0.2) is 4.99 Å². The number of benzene rings is 2. The van der Waals surface area contributed by atoms with Gasteiger partial charge in [0.2, 0.25) is 17.7 Å². The van der Waals surface area contributed by atoms with Crippen molar-refractivity contribution >= 4 is 40.8 Å². The lowest BCUT2D eigenvalue weighted by Crippen LogP contribution is -2.59. The summed E-state index contributed by atoms with van der Waals surface area (Å²) in [5.74, 6) is 2.60. The van der Waals surface area contributed by atoms with E-state index in [9.17, 15) is 14.4 Å². The molecular formula is C36H47ClN6O4. The summed E-state index contributed by atoms with van der Waals surface area (Å²) in [6.07, 6.45) is 7.54. The Balaban J connectivity index is 1.05. The number of hydrogen-bond acceptors (Lipinski definition) is 7. The number of nitrogens with zero attached hydrogens (tertiary/aromatic N) is 4. The molecule has 2 aromatic carbocycles. The van der Waals surface area contributed by atoms with E-state index in [1.165, 1.54) is 6.42 Å². The number of rotatable bonds is 9. The molecule has 2 atom stereocenters. The fourth-order valence-electron chi connectivity index (χ4n) is 7.18. The lowest BCUT2D eigenvalue weighted by Gasteiger charge is -2.41. The van der Waals surface area contributed by atoms with Crippen LogP contribution in [0.25, 0.3) is 0 Å². The van der Waals surface area contributed by atoms with Crippen molar-refractivity contribution < 1.29 is 19.1 Å². The topological polar surface area (TPSA) is 121 Å². The molecule has 3 fully saturated rings. The number of carbonyl (C=O) groups excluding carboxylic acids is 3. The molecule has 11 heteroatoms. The van der Waals surface area contributed by atoms with Crippen LogP contribution < -0.4 is 15.8 Å². The summed E-state index contributed by atoms with van der Waals surface area (Å²) < 4.78 is 6.21. The molecule has 1 saturated carbocycles. The van der Waals surface area contributed by atoms with Crippen LogP contribution in [0.3, 0.4) is 0 Å². The predicted octanol–water partition coefficient (Wildman–Crippen LogP) is 5.24. The molecule has 6 rings (SSSR count). The fourth-order valence-corrected chi connectivity index (χ4v) is 7.35. The van der Waals surface area contributed by atoms with Gasteiger partial charge < -0.3 is 30.5 Å². The third-order valence-corrected chi connectivity index (χ3v) is 10.4. The van der Waals surface area contributed by atoms with E-state index in [1.54, 1.807) is 4.90 Å². The number of fused-ring (bicyclic) bond motifs is 2. The number of piperazine rings is 1. The first-order valence-corrected chi connectivity index (χ1v) is 17.5. The molecule has 3 aliphatic heterocycles. The highest BCUT2D eigenvalue weighted by atomic mass is 35.5. The summed E-state index contributed by atoms with van der Waals surface area (Å²) >= 11 is 6.40. The van der Waals surface area contributed by atoms with Crippen molar-refractivity contribution in [3.8, 4) is 11.5 Å². The van der Waals surface area contributed by atoms with Gasteiger partial charge in [-0.3, -0.25) is 14.4 Å². The van der Waals surface area contributed by atoms with Crippen molar-refractivity contribution in [3.63, 3.8) is 0 Å². The van der Waals surface area contributed by atoms with Crippen LogP contribution in [0.15, 0.2) is 47.5 Å². The molecule has 3 heterocycles. The van der Waals surface area contributed by atoms with Gasteiger partial charge in [-0.1, -0.05) is 30.2 Å². The van der Waals surface area contributed by atoms with Crippen molar-refractivity contribution in [3.05, 3.63) is 53.1 Å². The molecule has 2 aromatic rings. The molecule has 3 N–H and O–H groups in total. The van der Waals surface area contributed by atoms with Gasteiger partial charge in [-0.15, -0.1) is 0 Å². The first kappa shape index (κ1) is 33.3. The molecule has 0 spiro atoms. The molecule has 47 heavy (non-hydrogen) atoms. The highest BCUT2D eigenvalue weighted by molar-refractivity contribution is 6.31.